The van der Waals surface area contributed by atoms with Gasteiger partial charge in [0.25, 0.3) is 0 Å². The van der Waals surface area contributed by atoms with E-state index in [0.717, 1.165) is 5.70 Å². The third kappa shape index (κ3) is 1.92. The molecule has 14 heavy (non-hydrogen) atoms. The summed E-state index contributed by atoms with van der Waals surface area (Å²) in [7, 11) is -0.764. The molecule has 6 heteroatoms. The maximum Gasteiger partial charge on any atom is 0.300 e. The van der Waals surface area contributed by atoms with E-state index < -0.39 is 15.6 Å². The molecule has 0 amide bonds. The fourth-order valence-electron chi connectivity index (χ4n) is 1.64. The molecule has 0 saturated carbocycles. The third-order valence-corrected chi connectivity index (χ3v) is 3.81. The summed E-state index contributed by atoms with van der Waals surface area (Å²) in [6.07, 6.45) is 1.95. The first kappa shape index (κ1) is 11.5. The molecule has 0 aromatic rings. The van der Waals surface area contributed by atoms with Crippen LogP contribution in [-0.2, 0) is 10.1 Å². The molecule has 0 aromatic heterocycles. The summed E-state index contributed by atoms with van der Waals surface area (Å²) in [6.45, 7) is 3.70. The number of allylic oxidation sites excluding steroid dienone is 1. The number of likely N-dealkylation sites (N-methyl/N-ethyl adjacent to an activating group) is 1. The van der Waals surface area contributed by atoms with Crippen molar-refractivity contribution in [1.29, 1.82) is 0 Å². The van der Waals surface area contributed by atoms with E-state index in [9.17, 15) is 8.42 Å². The van der Waals surface area contributed by atoms with Crippen LogP contribution in [0.1, 0.15) is 13.8 Å². The van der Waals surface area contributed by atoms with E-state index in [0.29, 0.717) is 0 Å². The van der Waals surface area contributed by atoms with Gasteiger partial charge in [0, 0.05) is 18.8 Å². The molecule has 5 nitrogen and oxygen atoms in total. The highest BCUT2D eigenvalue weighted by atomic mass is 32.2. The van der Waals surface area contributed by atoms with Gasteiger partial charge in [-0.05, 0) is 27.0 Å². The van der Waals surface area contributed by atoms with E-state index >= 15 is 0 Å². The van der Waals surface area contributed by atoms with Gasteiger partial charge in [-0.2, -0.15) is 8.42 Å². The Morgan fingerprint density at radius 2 is 1.93 bits per heavy atom. The van der Waals surface area contributed by atoms with Crippen molar-refractivity contribution in [2.75, 3.05) is 14.1 Å². The Balaban J connectivity index is 3.14. The standard InChI is InChI=1S/C8H16N2O3S/c1-6-5-7(2)10(4)8(9(6)3)14(11,12)13/h5-6,8H,1-4H3,(H,11,12,13). The molecule has 1 aliphatic heterocycles. The minimum atomic E-state index is -4.08. The molecular formula is C8H16N2O3S. The smallest absolute Gasteiger partial charge is 0.300 e. The second kappa shape index (κ2) is 3.52. The van der Waals surface area contributed by atoms with Crippen molar-refractivity contribution in [2.45, 2.75) is 25.4 Å². The van der Waals surface area contributed by atoms with Crippen molar-refractivity contribution in [2.24, 2.45) is 0 Å². The largest absolute Gasteiger partial charge is 0.348 e. The summed E-state index contributed by atoms with van der Waals surface area (Å²) in [6, 6.07) is -0.00174. The average Bonchev–Trinajstić information content (AvgIpc) is 1.98. The molecule has 1 N–H and O–H groups in total. The van der Waals surface area contributed by atoms with Crippen LogP contribution in [0.15, 0.2) is 11.8 Å². The van der Waals surface area contributed by atoms with Gasteiger partial charge >= 0.3 is 10.1 Å². The number of rotatable bonds is 1. The molecule has 0 spiro atoms. The van der Waals surface area contributed by atoms with Crippen molar-refractivity contribution in [3.63, 3.8) is 0 Å². The predicted molar refractivity (Wildman–Crippen MR) is 54.1 cm³/mol. The highest BCUT2D eigenvalue weighted by molar-refractivity contribution is 7.86. The quantitative estimate of drug-likeness (QED) is 0.645. The van der Waals surface area contributed by atoms with Crippen LogP contribution >= 0.6 is 0 Å². The first-order valence-electron chi connectivity index (χ1n) is 4.34. The lowest BCUT2D eigenvalue weighted by atomic mass is 10.2. The van der Waals surface area contributed by atoms with Gasteiger partial charge in [0.15, 0.2) is 0 Å². The maximum absolute atomic E-state index is 11.1. The van der Waals surface area contributed by atoms with Gasteiger partial charge in [-0.1, -0.05) is 0 Å². The van der Waals surface area contributed by atoms with Gasteiger partial charge in [0.2, 0.25) is 5.50 Å². The number of hydrogen-bond acceptors (Lipinski definition) is 4. The molecule has 0 radical (unpaired) electrons. The van der Waals surface area contributed by atoms with Gasteiger partial charge < -0.3 is 4.90 Å². The van der Waals surface area contributed by atoms with Crippen LogP contribution in [0.4, 0.5) is 0 Å². The van der Waals surface area contributed by atoms with E-state index in [-0.39, 0.29) is 6.04 Å². The first-order chi connectivity index (χ1) is 6.25. The lowest BCUT2D eigenvalue weighted by Crippen LogP contribution is -2.54. The summed E-state index contributed by atoms with van der Waals surface area (Å²) >= 11 is 0. The highest BCUT2D eigenvalue weighted by Gasteiger charge is 2.36. The normalized spacial score (nSPS) is 30.4. The minimum Gasteiger partial charge on any atom is -0.348 e. The van der Waals surface area contributed by atoms with Crippen LogP contribution < -0.4 is 0 Å². The van der Waals surface area contributed by atoms with Crippen LogP contribution in [0.25, 0.3) is 0 Å². The predicted octanol–water partition coefficient (Wildman–Crippen LogP) is 0.327. The van der Waals surface area contributed by atoms with Gasteiger partial charge in [0.1, 0.15) is 0 Å². The maximum atomic E-state index is 11.1. The van der Waals surface area contributed by atoms with Crippen molar-refractivity contribution in [3.8, 4) is 0 Å². The van der Waals surface area contributed by atoms with Crippen molar-refractivity contribution in [3.05, 3.63) is 11.8 Å². The lowest BCUT2D eigenvalue weighted by Gasteiger charge is -2.41. The average molecular weight is 220 g/mol. The van der Waals surface area contributed by atoms with E-state index in [1.54, 1.807) is 19.0 Å². The fourth-order valence-corrected chi connectivity index (χ4v) is 2.82. The zero-order chi connectivity index (χ0) is 11.1. The third-order valence-electron chi connectivity index (χ3n) is 2.63. The molecule has 82 valence electrons. The second-order valence-electron chi connectivity index (χ2n) is 3.67. The molecular weight excluding hydrogens is 204 g/mol. The topological polar surface area (TPSA) is 60.9 Å². The highest BCUT2D eigenvalue weighted by Crippen LogP contribution is 2.22. The van der Waals surface area contributed by atoms with Gasteiger partial charge in [-0.3, -0.25) is 9.45 Å². The molecule has 0 fully saturated rings. The minimum absolute atomic E-state index is 0.00174. The SMILES string of the molecule is CC1=CC(C)N(C)C(S(=O)(=O)O)N1C. The first-order valence-corrected chi connectivity index (χ1v) is 5.85. The van der Waals surface area contributed by atoms with Crippen LogP contribution in [0.5, 0.6) is 0 Å². The Hall–Kier alpha value is -0.590. The van der Waals surface area contributed by atoms with Crippen LogP contribution in [0, 0.1) is 0 Å². The molecule has 2 unspecified atom stereocenters. The van der Waals surface area contributed by atoms with Crippen LogP contribution in [0.3, 0.4) is 0 Å². The molecule has 2 atom stereocenters. The van der Waals surface area contributed by atoms with E-state index in [1.165, 1.54) is 4.90 Å². The van der Waals surface area contributed by atoms with Crippen molar-refractivity contribution < 1.29 is 13.0 Å². The Morgan fingerprint density at radius 1 is 1.43 bits per heavy atom. The molecule has 0 aliphatic carbocycles. The lowest BCUT2D eigenvalue weighted by molar-refractivity contribution is 0.125. The number of nitrogens with zero attached hydrogens (tertiary/aromatic N) is 2. The van der Waals surface area contributed by atoms with E-state index in [1.807, 2.05) is 19.9 Å². The molecule has 0 aromatic carbocycles. The zero-order valence-electron chi connectivity index (χ0n) is 8.80. The Bertz CT molecular complexity index is 350. The summed E-state index contributed by atoms with van der Waals surface area (Å²) in [5, 5.41) is 0. The van der Waals surface area contributed by atoms with Gasteiger partial charge in [0.05, 0.1) is 0 Å². The summed E-state index contributed by atoms with van der Waals surface area (Å²) in [5.41, 5.74) is -0.138. The molecule has 1 rings (SSSR count). The summed E-state index contributed by atoms with van der Waals surface area (Å²) in [4.78, 5) is 3.14. The Morgan fingerprint density at radius 3 is 2.36 bits per heavy atom. The second-order valence-corrected chi connectivity index (χ2v) is 5.12. The van der Waals surface area contributed by atoms with E-state index in [4.69, 9.17) is 4.55 Å². The summed E-state index contributed by atoms with van der Waals surface area (Å²) in [5.74, 6) is 0. The van der Waals surface area contributed by atoms with Crippen LogP contribution in [0.2, 0.25) is 0 Å². The van der Waals surface area contributed by atoms with Crippen LogP contribution in [-0.4, -0.2) is 48.4 Å². The van der Waals surface area contributed by atoms with Gasteiger partial charge in [-0.15, -0.1) is 0 Å². The summed E-state index contributed by atoms with van der Waals surface area (Å²) < 4.78 is 31.4. The molecule has 1 heterocycles. The zero-order valence-corrected chi connectivity index (χ0v) is 9.61. The van der Waals surface area contributed by atoms with Crippen molar-refractivity contribution in [1.82, 2.24) is 9.80 Å². The monoisotopic (exact) mass is 220 g/mol. The Kier molecular flexibility index (Phi) is 2.89. The molecule has 0 bridgehead atoms. The fraction of sp³-hybridized carbons (Fsp3) is 0.750. The number of hydrogen-bond donors (Lipinski definition) is 1. The molecule has 1 aliphatic rings. The van der Waals surface area contributed by atoms with E-state index in [2.05, 4.69) is 0 Å². The van der Waals surface area contributed by atoms with Crippen molar-refractivity contribution >= 4 is 10.1 Å². The Labute approximate surface area is 84.7 Å². The molecule has 0 saturated heterocycles. The van der Waals surface area contributed by atoms with Gasteiger partial charge in [-0.25, -0.2) is 0 Å².